The van der Waals surface area contributed by atoms with Crippen LogP contribution < -0.4 is 15.2 Å². The molecule has 0 bridgehead atoms. The van der Waals surface area contributed by atoms with E-state index in [2.05, 4.69) is 4.90 Å². The van der Waals surface area contributed by atoms with E-state index in [4.69, 9.17) is 19.9 Å². The Balaban J connectivity index is 2.16. The van der Waals surface area contributed by atoms with E-state index in [1.54, 1.807) is 14.2 Å². The predicted molar refractivity (Wildman–Crippen MR) is 73.7 cm³/mol. The van der Waals surface area contributed by atoms with Crippen molar-refractivity contribution in [3.05, 3.63) is 23.8 Å². The monoisotopic (exact) mass is 266 g/mol. The minimum absolute atomic E-state index is 0.0288. The highest BCUT2D eigenvalue weighted by Crippen LogP contribution is 2.33. The molecule has 2 N–H and O–H groups in total. The Hall–Kier alpha value is -1.30. The zero-order valence-electron chi connectivity index (χ0n) is 11.6. The molecule has 1 saturated heterocycles. The molecule has 106 valence electrons. The molecule has 0 amide bonds. The molecule has 1 aliphatic rings. The van der Waals surface area contributed by atoms with Gasteiger partial charge in [0, 0.05) is 37.8 Å². The number of hydrogen-bond acceptors (Lipinski definition) is 5. The Kier molecular flexibility index (Phi) is 5.01. The molecule has 5 nitrogen and oxygen atoms in total. The summed E-state index contributed by atoms with van der Waals surface area (Å²) in [5.74, 6) is 1.59. The summed E-state index contributed by atoms with van der Waals surface area (Å²) >= 11 is 0. The van der Waals surface area contributed by atoms with Crippen LogP contribution in [0.25, 0.3) is 0 Å². The van der Waals surface area contributed by atoms with E-state index in [0.29, 0.717) is 6.54 Å². The predicted octanol–water partition coefficient (Wildman–Crippen LogP) is 1.04. The zero-order chi connectivity index (χ0) is 13.7. The van der Waals surface area contributed by atoms with Gasteiger partial charge in [0.15, 0.2) is 0 Å². The Morgan fingerprint density at radius 2 is 2.21 bits per heavy atom. The first kappa shape index (κ1) is 14.1. The molecule has 1 aromatic rings. The van der Waals surface area contributed by atoms with E-state index in [9.17, 15) is 0 Å². The van der Waals surface area contributed by atoms with Crippen LogP contribution in [0.3, 0.4) is 0 Å². The van der Waals surface area contributed by atoms with Crippen LogP contribution >= 0.6 is 0 Å². The van der Waals surface area contributed by atoms with Crippen molar-refractivity contribution in [3.8, 4) is 11.5 Å². The van der Waals surface area contributed by atoms with Crippen molar-refractivity contribution in [1.29, 1.82) is 0 Å². The molecule has 5 heteroatoms. The first-order chi connectivity index (χ1) is 9.28. The van der Waals surface area contributed by atoms with Crippen molar-refractivity contribution in [2.75, 3.05) is 47.0 Å². The number of morpholine rings is 1. The van der Waals surface area contributed by atoms with Gasteiger partial charge in [0.05, 0.1) is 26.9 Å². The van der Waals surface area contributed by atoms with E-state index < -0.39 is 0 Å². The molecule has 2 rings (SSSR count). The van der Waals surface area contributed by atoms with Crippen molar-refractivity contribution < 1.29 is 14.2 Å². The Bertz CT molecular complexity index is 410. The number of benzene rings is 1. The molecule has 1 aromatic carbocycles. The molecule has 1 heterocycles. The quantitative estimate of drug-likeness (QED) is 0.863. The van der Waals surface area contributed by atoms with Gasteiger partial charge in [0.25, 0.3) is 0 Å². The first-order valence-corrected chi connectivity index (χ1v) is 6.54. The number of hydrogen-bond donors (Lipinski definition) is 1. The molecule has 0 saturated carbocycles. The fourth-order valence-electron chi connectivity index (χ4n) is 2.36. The van der Waals surface area contributed by atoms with Gasteiger partial charge in [0.1, 0.15) is 11.5 Å². The lowest BCUT2D eigenvalue weighted by Crippen LogP contribution is -2.40. The Morgan fingerprint density at radius 1 is 1.37 bits per heavy atom. The molecule has 19 heavy (non-hydrogen) atoms. The van der Waals surface area contributed by atoms with Crippen molar-refractivity contribution >= 4 is 0 Å². The third-order valence-electron chi connectivity index (χ3n) is 3.38. The Labute approximate surface area is 114 Å². The summed E-state index contributed by atoms with van der Waals surface area (Å²) in [7, 11) is 3.31. The SMILES string of the molecule is COc1ccc(C2CN(CCN)CCO2)c(OC)c1. The summed E-state index contributed by atoms with van der Waals surface area (Å²) in [6.07, 6.45) is 0.0288. The third-order valence-corrected chi connectivity index (χ3v) is 3.38. The highest BCUT2D eigenvalue weighted by molar-refractivity contribution is 5.42. The summed E-state index contributed by atoms with van der Waals surface area (Å²) in [4.78, 5) is 2.32. The fourth-order valence-corrected chi connectivity index (χ4v) is 2.36. The van der Waals surface area contributed by atoms with Crippen molar-refractivity contribution in [2.24, 2.45) is 5.73 Å². The molecular weight excluding hydrogens is 244 g/mol. The van der Waals surface area contributed by atoms with Crippen LogP contribution in [0.4, 0.5) is 0 Å². The van der Waals surface area contributed by atoms with E-state index in [1.165, 1.54) is 0 Å². The van der Waals surface area contributed by atoms with Gasteiger partial charge >= 0.3 is 0 Å². The van der Waals surface area contributed by atoms with Gasteiger partial charge < -0.3 is 19.9 Å². The lowest BCUT2D eigenvalue weighted by molar-refractivity contribution is -0.0298. The standard InChI is InChI=1S/C14H22N2O3/c1-17-11-3-4-12(13(9-11)18-2)14-10-16(6-5-15)7-8-19-14/h3-4,9,14H,5-8,10,15H2,1-2H3. The molecule has 0 radical (unpaired) electrons. The van der Waals surface area contributed by atoms with E-state index in [0.717, 1.165) is 43.3 Å². The number of rotatable bonds is 5. The maximum absolute atomic E-state index is 5.85. The Morgan fingerprint density at radius 3 is 2.89 bits per heavy atom. The summed E-state index contributed by atoms with van der Waals surface area (Å²) in [5, 5.41) is 0. The second kappa shape index (κ2) is 6.75. The van der Waals surface area contributed by atoms with Crippen LogP contribution in [-0.2, 0) is 4.74 Å². The molecule has 1 atom stereocenters. The van der Waals surface area contributed by atoms with Crippen LogP contribution in [0.1, 0.15) is 11.7 Å². The summed E-state index contributed by atoms with van der Waals surface area (Å²) < 4.78 is 16.5. The van der Waals surface area contributed by atoms with Gasteiger partial charge in [-0.25, -0.2) is 0 Å². The number of nitrogens with zero attached hydrogens (tertiary/aromatic N) is 1. The summed E-state index contributed by atoms with van der Waals surface area (Å²) in [6.45, 7) is 4.08. The van der Waals surface area contributed by atoms with Crippen LogP contribution in [0, 0.1) is 0 Å². The highest BCUT2D eigenvalue weighted by Gasteiger charge is 2.24. The molecule has 1 unspecified atom stereocenters. The summed E-state index contributed by atoms with van der Waals surface area (Å²) in [5.41, 5.74) is 6.67. The van der Waals surface area contributed by atoms with E-state index >= 15 is 0 Å². The van der Waals surface area contributed by atoms with Gasteiger partial charge in [-0.1, -0.05) is 0 Å². The van der Waals surface area contributed by atoms with E-state index in [-0.39, 0.29) is 6.10 Å². The minimum Gasteiger partial charge on any atom is -0.497 e. The molecule has 0 aliphatic carbocycles. The van der Waals surface area contributed by atoms with Crippen molar-refractivity contribution in [1.82, 2.24) is 4.90 Å². The van der Waals surface area contributed by atoms with Gasteiger partial charge in [-0.05, 0) is 12.1 Å². The van der Waals surface area contributed by atoms with Crippen LogP contribution in [0.15, 0.2) is 18.2 Å². The number of nitrogens with two attached hydrogens (primary N) is 1. The highest BCUT2D eigenvalue weighted by atomic mass is 16.5. The molecular formula is C14H22N2O3. The smallest absolute Gasteiger partial charge is 0.128 e. The minimum atomic E-state index is 0.0288. The van der Waals surface area contributed by atoms with Gasteiger partial charge in [0.2, 0.25) is 0 Å². The zero-order valence-corrected chi connectivity index (χ0v) is 11.6. The van der Waals surface area contributed by atoms with Crippen molar-refractivity contribution in [2.45, 2.75) is 6.10 Å². The average Bonchev–Trinajstić information content (AvgIpc) is 2.47. The number of methoxy groups -OCH3 is 2. The number of ether oxygens (including phenoxy) is 3. The second-order valence-corrected chi connectivity index (χ2v) is 4.56. The van der Waals surface area contributed by atoms with Gasteiger partial charge in [-0.3, -0.25) is 4.90 Å². The van der Waals surface area contributed by atoms with Crippen LogP contribution in [0.5, 0.6) is 11.5 Å². The van der Waals surface area contributed by atoms with Crippen LogP contribution in [-0.4, -0.2) is 51.9 Å². The second-order valence-electron chi connectivity index (χ2n) is 4.56. The maximum atomic E-state index is 5.85. The van der Waals surface area contributed by atoms with Crippen LogP contribution in [0.2, 0.25) is 0 Å². The average molecular weight is 266 g/mol. The van der Waals surface area contributed by atoms with Gasteiger partial charge in [-0.2, -0.15) is 0 Å². The molecule has 0 aromatic heterocycles. The van der Waals surface area contributed by atoms with Gasteiger partial charge in [-0.15, -0.1) is 0 Å². The third kappa shape index (κ3) is 3.37. The largest absolute Gasteiger partial charge is 0.497 e. The topological polar surface area (TPSA) is 57.0 Å². The molecule has 1 fully saturated rings. The maximum Gasteiger partial charge on any atom is 0.128 e. The molecule has 0 spiro atoms. The van der Waals surface area contributed by atoms with E-state index in [1.807, 2.05) is 18.2 Å². The first-order valence-electron chi connectivity index (χ1n) is 6.54. The fraction of sp³-hybridized carbons (Fsp3) is 0.571. The normalized spacial score (nSPS) is 20.3. The van der Waals surface area contributed by atoms with Crippen molar-refractivity contribution in [3.63, 3.8) is 0 Å². The molecule has 1 aliphatic heterocycles. The lowest BCUT2D eigenvalue weighted by atomic mass is 10.1. The lowest BCUT2D eigenvalue weighted by Gasteiger charge is -2.33. The summed E-state index contributed by atoms with van der Waals surface area (Å²) in [6, 6.07) is 5.83.